The van der Waals surface area contributed by atoms with E-state index in [0.29, 0.717) is 5.69 Å². The molecule has 0 aliphatic carbocycles. The van der Waals surface area contributed by atoms with Crippen molar-refractivity contribution in [3.05, 3.63) is 37.9 Å². The Hall–Kier alpha value is -0.690. The number of aromatic nitrogens is 2. The lowest BCUT2D eigenvalue weighted by atomic mass is 10.1. The molecule has 0 aliphatic rings. The first kappa shape index (κ1) is 11.8. The fraction of sp³-hybridized carbons (Fsp3) is 0.273. The van der Waals surface area contributed by atoms with Crippen LogP contribution >= 0.6 is 33.9 Å². The van der Waals surface area contributed by atoms with Crippen LogP contribution in [0.4, 0.5) is 0 Å². The van der Waals surface area contributed by atoms with E-state index in [0.717, 1.165) is 21.4 Å². The molecule has 0 bridgehead atoms. The predicted molar refractivity (Wildman–Crippen MR) is 73.0 cm³/mol. The summed E-state index contributed by atoms with van der Waals surface area (Å²) >= 11 is 3.81. The zero-order valence-electron chi connectivity index (χ0n) is 8.81. The van der Waals surface area contributed by atoms with E-state index < -0.39 is 0 Å². The van der Waals surface area contributed by atoms with Crippen LogP contribution in [0.3, 0.4) is 0 Å². The fourth-order valence-electron chi connectivity index (χ4n) is 1.49. The van der Waals surface area contributed by atoms with Crippen LogP contribution in [0.5, 0.6) is 0 Å². The van der Waals surface area contributed by atoms with Gasteiger partial charge in [-0.25, -0.2) is 0 Å². The summed E-state index contributed by atoms with van der Waals surface area (Å²) in [6.07, 6.45) is 2.66. The number of thiophene rings is 1. The SMILES string of the molecule is CCCn1nccc1C(=O)c1csc(I)c1. The molecule has 0 saturated heterocycles. The molecular weight excluding hydrogens is 335 g/mol. The minimum absolute atomic E-state index is 0.0603. The molecule has 2 rings (SSSR count). The van der Waals surface area contributed by atoms with Gasteiger partial charge in [-0.2, -0.15) is 5.10 Å². The third-order valence-electron chi connectivity index (χ3n) is 2.21. The van der Waals surface area contributed by atoms with Gasteiger partial charge in [0.1, 0.15) is 5.69 Å². The number of hydrogen-bond donors (Lipinski definition) is 0. The van der Waals surface area contributed by atoms with E-state index in [2.05, 4.69) is 34.6 Å². The summed E-state index contributed by atoms with van der Waals surface area (Å²) in [5, 5.41) is 6.05. The molecule has 0 N–H and O–H groups in total. The van der Waals surface area contributed by atoms with Gasteiger partial charge in [-0.1, -0.05) is 6.92 Å². The van der Waals surface area contributed by atoms with Gasteiger partial charge < -0.3 is 0 Å². The Bertz CT molecular complexity index is 504. The van der Waals surface area contributed by atoms with Crippen molar-refractivity contribution in [2.75, 3.05) is 0 Å². The molecule has 3 nitrogen and oxygen atoms in total. The van der Waals surface area contributed by atoms with Crippen molar-refractivity contribution in [1.29, 1.82) is 0 Å². The van der Waals surface area contributed by atoms with Crippen molar-refractivity contribution in [3.63, 3.8) is 0 Å². The second kappa shape index (κ2) is 5.09. The molecule has 0 amide bonds. The third-order valence-corrected chi connectivity index (χ3v) is 4.00. The van der Waals surface area contributed by atoms with Crippen LogP contribution in [0.1, 0.15) is 29.4 Å². The molecule has 0 aliphatic heterocycles. The van der Waals surface area contributed by atoms with Crippen LogP contribution in [0.15, 0.2) is 23.7 Å². The monoisotopic (exact) mass is 346 g/mol. The molecule has 0 radical (unpaired) electrons. The van der Waals surface area contributed by atoms with Crippen LogP contribution in [0.25, 0.3) is 0 Å². The minimum Gasteiger partial charge on any atom is -0.287 e. The van der Waals surface area contributed by atoms with Crippen LogP contribution < -0.4 is 0 Å². The van der Waals surface area contributed by atoms with E-state index in [1.54, 1.807) is 28.3 Å². The summed E-state index contributed by atoms with van der Waals surface area (Å²) in [4.78, 5) is 12.2. The number of aryl methyl sites for hydroxylation is 1. The van der Waals surface area contributed by atoms with Gasteiger partial charge in [0, 0.05) is 23.7 Å². The van der Waals surface area contributed by atoms with Gasteiger partial charge in [-0.3, -0.25) is 9.48 Å². The molecule has 0 aromatic carbocycles. The Morgan fingerprint density at radius 3 is 3.06 bits per heavy atom. The third kappa shape index (κ3) is 2.35. The van der Waals surface area contributed by atoms with E-state index >= 15 is 0 Å². The van der Waals surface area contributed by atoms with Gasteiger partial charge >= 0.3 is 0 Å². The standard InChI is InChI=1S/C11H11IN2OS/c1-2-5-14-9(3-4-13-14)11(15)8-6-10(12)16-7-8/h3-4,6-7H,2,5H2,1H3. The highest BCUT2D eigenvalue weighted by Crippen LogP contribution is 2.19. The molecule has 0 unspecified atom stereocenters. The van der Waals surface area contributed by atoms with Crippen molar-refractivity contribution in [2.24, 2.45) is 0 Å². The zero-order chi connectivity index (χ0) is 11.5. The predicted octanol–water partition coefficient (Wildman–Crippen LogP) is 3.19. The van der Waals surface area contributed by atoms with Crippen molar-refractivity contribution in [1.82, 2.24) is 9.78 Å². The van der Waals surface area contributed by atoms with Gasteiger partial charge in [0.25, 0.3) is 0 Å². The lowest BCUT2D eigenvalue weighted by Gasteiger charge is -2.03. The largest absolute Gasteiger partial charge is 0.287 e. The molecule has 84 valence electrons. The Labute approximate surface area is 112 Å². The highest BCUT2D eigenvalue weighted by Gasteiger charge is 2.15. The molecule has 16 heavy (non-hydrogen) atoms. The Balaban J connectivity index is 2.30. The average Bonchev–Trinajstić information content (AvgIpc) is 2.87. The van der Waals surface area contributed by atoms with Gasteiger partial charge in [-0.05, 0) is 41.1 Å². The molecule has 0 fully saturated rings. The normalized spacial score (nSPS) is 10.6. The van der Waals surface area contributed by atoms with Crippen molar-refractivity contribution in [2.45, 2.75) is 19.9 Å². The summed E-state index contributed by atoms with van der Waals surface area (Å²) in [7, 11) is 0. The second-order valence-corrected chi connectivity index (χ2v) is 6.21. The fourth-order valence-corrected chi connectivity index (χ4v) is 2.82. The summed E-state index contributed by atoms with van der Waals surface area (Å²) in [6, 6.07) is 3.69. The van der Waals surface area contributed by atoms with Gasteiger partial charge in [0.15, 0.2) is 0 Å². The summed E-state index contributed by atoms with van der Waals surface area (Å²) in [5.41, 5.74) is 1.43. The van der Waals surface area contributed by atoms with E-state index in [-0.39, 0.29) is 5.78 Å². The average molecular weight is 346 g/mol. The first-order valence-corrected chi connectivity index (χ1v) is 6.98. The molecule has 0 saturated carbocycles. The van der Waals surface area contributed by atoms with Crippen LogP contribution in [-0.2, 0) is 6.54 Å². The van der Waals surface area contributed by atoms with Crippen molar-refractivity contribution in [3.8, 4) is 0 Å². The Morgan fingerprint density at radius 1 is 1.62 bits per heavy atom. The van der Waals surface area contributed by atoms with Crippen LogP contribution in [0.2, 0.25) is 0 Å². The summed E-state index contributed by atoms with van der Waals surface area (Å²) in [6.45, 7) is 2.86. The number of carbonyl (C=O) groups excluding carboxylic acids is 1. The molecule has 0 spiro atoms. The van der Waals surface area contributed by atoms with Gasteiger partial charge in [-0.15, -0.1) is 11.3 Å². The van der Waals surface area contributed by atoms with E-state index in [9.17, 15) is 4.79 Å². The van der Waals surface area contributed by atoms with Gasteiger partial charge in [0.05, 0.1) is 2.88 Å². The smallest absolute Gasteiger partial charge is 0.211 e. The van der Waals surface area contributed by atoms with Crippen LogP contribution in [0, 0.1) is 2.88 Å². The molecule has 5 heteroatoms. The molecule has 2 aromatic rings. The maximum Gasteiger partial charge on any atom is 0.211 e. The van der Waals surface area contributed by atoms with Crippen molar-refractivity contribution < 1.29 is 4.79 Å². The lowest BCUT2D eigenvalue weighted by molar-refractivity contribution is 0.102. The molecular formula is C11H11IN2OS. The topological polar surface area (TPSA) is 34.9 Å². The van der Waals surface area contributed by atoms with E-state index in [1.165, 1.54) is 0 Å². The van der Waals surface area contributed by atoms with Crippen LogP contribution in [-0.4, -0.2) is 15.6 Å². The minimum atomic E-state index is 0.0603. The maximum atomic E-state index is 12.2. The molecule has 0 atom stereocenters. The summed E-state index contributed by atoms with van der Waals surface area (Å²) in [5.74, 6) is 0.0603. The number of nitrogens with zero attached hydrogens (tertiary/aromatic N) is 2. The molecule has 2 heterocycles. The summed E-state index contributed by atoms with van der Waals surface area (Å²) < 4.78 is 2.90. The second-order valence-electron chi connectivity index (χ2n) is 3.41. The van der Waals surface area contributed by atoms with E-state index in [1.807, 2.05) is 11.4 Å². The maximum absolute atomic E-state index is 12.2. The number of carbonyl (C=O) groups is 1. The first-order chi connectivity index (χ1) is 7.72. The number of hydrogen-bond acceptors (Lipinski definition) is 3. The number of ketones is 1. The quantitative estimate of drug-likeness (QED) is 0.630. The van der Waals surface area contributed by atoms with Crippen molar-refractivity contribution >= 4 is 39.7 Å². The number of rotatable bonds is 4. The molecule has 2 aromatic heterocycles. The Morgan fingerprint density at radius 2 is 2.44 bits per heavy atom. The lowest BCUT2D eigenvalue weighted by Crippen LogP contribution is -2.10. The van der Waals surface area contributed by atoms with E-state index in [4.69, 9.17) is 0 Å². The number of halogens is 1. The highest BCUT2D eigenvalue weighted by molar-refractivity contribution is 14.1. The zero-order valence-corrected chi connectivity index (χ0v) is 11.8. The van der Waals surface area contributed by atoms with Gasteiger partial charge in [0.2, 0.25) is 5.78 Å². The Kier molecular flexibility index (Phi) is 3.75. The first-order valence-electron chi connectivity index (χ1n) is 5.03. The highest BCUT2D eigenvalue weighted by atomic mass is 127.